The summed E-state index contributed by atoms with van der Waals surface area (Å²) >= 11 is 0. The highest BCUT2D eigenvalue weighted by Gasteiger charge is 2.14. The van der Waals surface area contributed by atoms with E-state index in [-0.39, 0.29) is 6.10 Å². The Morgan fingerprint density at radius 2 is 1.55 bits per heavy atom. The minimum atomic E-state index is 0.139. The number of nitrogens with zero attached hydrogens (tertiary/aromatic N) is 1. The van der Waals surface area contributed by atoms with Gasteiger partial charge in [0.2, 0.25) is 0 Å². The Labute approximate surface area is 126 Å². The largest absolute Gasteiger partial charge is 0.382 e. The fourth-order valence-electron chi connectivity index (χ4n) is 2.32. The lowest BCUT2D eigenvalue weighted by Gasteiger charge is -2.31. The number of hydrogen-bond donors (Lipinski definition) is 1. The average Bonchev–Trinajstić information content (AvgIpc) is 2.32. The third-order valence-electron chi connectivity index (χ3n) is 3.31. The molecule has 1 atom stereocenters. The predicted molar refractivity (Wildman–Crippen MR) is 86.3 cm³/mol. The minimum Gasteiger partial charge on any atom is -0.382 e. The van der Waals surface area contributed by atoms with Gasteiger partial charge in [0.25, 0.3) is 0 Å². The van der Waals surface area contributed by atoms with Crippen molar-refractivity contribution in [3.05, 3.63) is 0 Å². The van der Waals surface area contributed by atoms with Gasteiger partial charge in [-0.1, -0.05) is 13.8 Å². The average molecular weight is 288 g/mol. The van der Waals surface area contributed by atoms with Crippen molar-refractivity contribution in [2.24, 2.45) is 5.92 Å². The van der Waals surface area contributed by atoms with E-state index in [9.17, 15) is 0 Å². The lowest BCUT2D eigenvalue weighted by molar-refractivity contribution is -0.0149. The highest BCUT2D eigenvalue weighted by molar-refractivity contribution is 4.68. The van der Waals surface area contributed by atoms with Crippen LogP contribution in [0.2, 0.25) is 0 Å². The summed E-state index contributed by atoms with van der Waals surface area (Å²) in [6.07, 6.45) is 0.139. The predicted octanol–water partition coefficient (Wildman–Crippen LogP) is 2.38. The summed E-state index contributed by atoms with van der Waals surface area (Å²) < 4.78 is 11.2. The Morgan fingerprint density at radius 1 is 0.950 bits per heavy atom. The first kappa shape index (κ1) is 19.8. The fraction of sp³-hybridized carbons (Fsp3) is 1.00. The van der Waals surface area contributed by atoms with Crippen LogP contribution in [0.25, 0.3) is 0 Å². The maximum atomic E-state index is 5.97. The summed E-state index contributed by atoms with van der Waals surface area (Å²) in [5, 5.41) is 3.43. The SMILES string of the molecule is COCC(CNCC(C)C)OCCN(C(C)C)C(C)C. The van der Waals surface area contributed by atoms with Gasteiger partial charge in [-0.15, -0.1) is 0 Å². The van der Waals surface area contributed by atoms with E-state index in [2.05, 4.69) is 51.8 Å². The molecule has 0 saturated carbocycles. The second-order valence-corrected chi connectivity index (χ2v) is 6.43. The highest BCUT2D eigenvalue weighted by atomic mass is 16.5. The molecule has 1 unspecified atom stereocenters. The van der Waals surface area contributed by atoms with Crippen LogP contribution in [-0.4, -0.2) is 63.0 Å². The fourth-order valence-corrected chi connectivity index (χ4v) is 2.32. The summed E-state index contributed by atoms with van der Waals surface area (Å²) in [5.41, 5.74) is 0. The molecule has 122 valence electrons. The standard InChI is InChI=1S/C16H36N2O2/c1-13(2)10-17-11-16(12-19-7)20-9-8-18(14(3)4)15(5)6/h13-17H,8-12H2,1-7H3. The van der Waals surface area contributed by atoms with Crippen LogP contribution in [0.4, 0.5) is 0 Å². The molecule has 0 fully saturated rings. The van der Waals surface area contributed by atoms with Gasteiger partial charge < -0.3 is 14.8 Å². The molecule has 0 amide bonds. The summed E-state index contributed by atoms with van der Waals surface area (Å²) in [6.45, 7) is 17.6. The molecule has 0 spiro atoms. The first-order chi connectivity index (χ1) is 9.38. The molecule has 0 radical (unpaired) electrons. The van der Waals surface area contributed by atoms with Gasteiger partial charge in [0, 0.05) is 32.3 Å². The lowest BCUT2D eigenvalue weighted by atomic mass is 10.2. The van der Waals surface area contributed by atoms with Crippen LogP contribution in [0, 0.1) is 5.92 Å². The van der Waals surface area contributed by atoms with Crippen molar-refractivity contribution in [3.63, 3.8) is 0 Å². The van der Waals surface area contributed by atoms with E-state index in [0.29, 0.717) is 24.6 Å². The monoisotopic (exact) mass is 288 g/mol. The van der Waals surface area contributed by atoms with E-state index < -0.39 is 0 Å². The van der Waals surface area contributed by atoms with Crippen molar-refractivity contribution in [2.75, 3.05) is 40.0 Å². The van der Waals surface area contributed by atoms with Crippen LogP contribution in [0.3, 0.4) is 0 Å². The Hall–Kier alpha value is -0.160. The molecule has 4 heteroatoms. The smallest absolute Gasteiger partial charge is 0.0932 e. The Balaban J connectivity index is 4.00. The Morgan fingerprint density at radius 3 is 2.00 bits per heavy atom. The molecular formula is C16H36N2O2. The number of nitrogens with one attached hydrogen (secondary N) is 1. The molecule has 0 aromatic heterocycles. The molecule has 20 heavy (non-hydrogen) atoms. The molecule has 0 rings (SSSR count). The van der Waals surface area contributed by atoms with Gasteiger partial charge in [-0.2, -0.15) is 0 Å². The van der Waals surface area contributed by atoms with Crippen molar-refractivity contribution in [2.45, 2.75) is 59.7 Å². The molecule has 4 nitrogen and oxygen atoms in total. The van der Waals surface area contributed by atoms with Gasteiger partial charge in [-0.25, -0.2) is 0 Å². The van der Waals surface area contributed by atoms with Crippen LogP contribution in [0.1, 0.15) is 41.5 Å². The van der Waals surface area contributed by atoms with Gasteiger partial charge in [0.05, 0.1) is 19.3 Å². The molecular weight excluding hydrogens is 252 g/mol. The zero-order valence-corrected chi connectivity index (χ0v) is 14.6. The molecule has 1 N–H and O–H groups in total. The maximum Gasteiger partial charge on any atom is 0.0932 e. The second kappa shape index (κ2) is 11.5. The van der Waals surface area contributed by atoms with Gasteiger partial charge in [-0.05, 0) is 40.2 Å². The number of methoxy groups -OCH3 is 1. The van der Waals surface area contributed by atoms with Gasteiger partial charge in [0.15, 0.2) is 0 Å². The highest BCUT2D eigenvalue weighted by Crippen LogP contribution is 2.05. The van der Waals surface area contributed by atoms with Crippen molar-refractivity contribution >= 4 is 0 Å². The van der Waals surface area contributed by atoms with Crippen LogP contribution in [-0.2, 0) is 9.47 Å². The molecule has 0 aromatic rings. The first-order valence-electron chi connectivity index (χ1n) is 7.95. The summed E-state index contributed by atoms with van der Waals surface area (Å²) in [7, 11) is 1.73. The lowest BCUT2D eigenvalue weighted by Crippen LogP contribution is -2.41. The first-order valence-corrected chi connectivity index (χ1v) is 7.95. The molecule has 0 bridgehead atoms. The van der Waals surface area contributed by atoms with Gasteiger partial charge >= 0.3 is 0 Å². The summed E-state index contributed by atoms with van der Waals surface area (Å²) in [6, 6.07) is 1.11. The maximum absolute atomic E-state index is 5.97. The number of rotatable bonds is 12. The normalized spacial score (nSPS) is 13.9. The molecule has 0 aliphatic carbocycles. The molecule has 0 aliphatic heterocycles. The molecule has 0 saturated heterocycles. The van der Waals surface area contributed by atoms with E-state index in [4.69, 9.17) is 9.47 Å². The zero-order chi connectivity index (χ0) is 15.5. The van der Waals surface area contributed by atoms with Gasteiger partial charge in [0.1, 0.15) is 0 Å². The van der Waals surface area contributed by atoms with Crippen LogP contribution in [0.15, 0.2) is 0 Å². The quantitative estimate of drug-likeness (QED) is 0.598. The molecule has 0 aliphatic rings. The van der Waals surface area contributed by atoms with Crippen molar-refractivity contribution in [1.29, 1.82) is 0 Å². The zero-order valence-electron chi connectivity index (χ0n) is 14.6. The van der Waals surface area contributed by atoms with Crippen molar-refractivity contribution < 1.29 is 9.47 Å². The Bertz CT molecular complexity index is 213. The second-order valence-electron chi connectivity index (χ2n) is 6.43. The van der Waals surface area contributed by atoms with Gasteiger partial charge in [-0.3, -0.25) is 4.90 Å². The van der Waals surface area contributed by atoms with Crippen molar-refractivity contribution in [3.8, 4) is 0 Å². The van der Waals surface area contributed by atoms with E-state index in [1.165, 1.54) is 0 Å². The van der Waals surface area contributed by atoms with Crippen LogP contribution in [0.5, 0.6) is 0 Å². The third-order valence-corrected chi connectivity index (χ3v) is 3.31. The number of hydrogen-bond acceptors (Lipinski definition) is 4. The molecule has 0 aromatic carbocycles. The summed E-state index contributed by atoms with van der Waals surface area (Å²) in [4.78, 5) is 2.45. The van der Waals surface area contributed by atoms with Crippen LogP contribution >= 0.6 is 0 Å². The van der Waals surface area contributed by atoms with Crippen molar-refractivity contribution in [1.82, 2.24) is 10.2 Å². The summed E-state index contributed by atoms with van der Waals surface area (Å²) in [5.74, 6) is 0.663. The van der Waals surface area contributed by atoms with E-state index in [0.717, 1.165) is 26.2 Å². The minimum absolute atomic E-state index is 0.139. The topological polar surface area (TPSA) is 33.7 Å². The van der Waals surface area contributed by atoms with Crippen LogP contribution < -0.4 is 5.32 Å². The molecule has 0 heterocycles. The van der Waals surface area contributed by atoms with E-state index in [1.807, 2.05) is 0 Å². The van der Waals surface area contributed by atoms with E-state index >= 15 is 0 Å². The van der Waals surface area contributed by atoms with E-state index in [1.54, 1.807) is 7.11 Å². The number of ether oxygens (including phenoxy) is 2. The Kier molecular flexibility index (Phi) is 11.4. The third kappa shape index (κ3) is 9.70.